The van der Waals surface area contributed by atoms with Crippen molar-refractivity contribution in [1.82, 2.24) is 9.97 Å². The van der Waals surface area contributed by atoms with E-state index in [1.165, 1.54) is 30.3 Å². The number of hydrogen-bond acceptors (Lipinski definition) is 5. The summed E-state index contributed by atoms with van der Waals surface area (Å²) in [7, 11) is 0. The number of aromatic nitrogens is 2. The Hall–Kier alpha value is -3.39. The van der Waals surface area contributed by atoms with E-state index in [1.807, 2.05) is 13.8 Å². The molecule has 3 aromatic carbocycles. The molecule has 0 radical (unpaired) electrons. The SMILES string of the molecule is CCc1c(F)ccc2cc(O)cc(-c3c(F)cc4c(N5CCCC6(CCO6)C5)nc(C(C)C)nc4c3F)c12. The fraction of sp³-hybridized carbons (Fsp3) is 0.400. The molecule has 1 atom stereocenters. The Morgan fingerprint density at radius 1 is 1.08 bits per heavy atom. The Bertz CT molecular complexity index is 1580. The van der Waals surface area contributed by atoms with Crippen molar-refractivity contribution in [2.24, 2.45) is 0 Å². The van der Waals surface area contributed by atoms with E-state index in [1.54, 1.807) is 6.92 Å². The average Bonchev–Trinajstić information content (AvgIpc) is 2.87. The van der Waals surface area contributed by atoms with E-state index in [2.05, 4.69) is 9.88 Å². The van der Waals surface area contributed by atoms with Crippen LogP contribution in [0.2, 0.25) is 0 Å². The molecule has 1 N–H and O–H groups in total. The van der Waals surface area contributed by atoms with Crippen LogP contribution in [0.5, 0.6) is 5.75 Å². The van der Waals surface area contributed by atoms with Crippen LogP contribution < -0.4 is 4.90 Å². The third kappa shape index (κ3) is 3.88. The van der Waals surface area contributed by atoms with Gasteiger partial charge in [-0.3, -0.25) is 0 Å². The Morgan fingerprint density at radius 2 is 1.87 bits per heavy atom. The zero-order valence-corrected chi connectivity index (χ0v) is 21.7. The van der Waals surface area contributed by atoms with Crippen LogP contribution in [0.4, 0.5) is 19.0 Å². The smallest absolute Gasteiger partial charge is 0.160 e. The van der Waals surface area contributed by atoms with Crippen molar-refractivity contribution in [3.8, 4) is 16.9 Å². The summed E-state index contributed by atoms with van der Waals surface area (Å²) in [6.45, 7) is 7.68. The van der Waals surface area contributed by atoms with Gasteiger partial charge >= 0.3 is 0 Å². The van der Waals surface area contributed by atoms with Gasteiger partial charge in [0.15, 0.2) is 5.82 Å². The van der Waals surface area contributed by atoms with Crippen LogP contribution in [0.25, 0.3) is 32.8 Å². The number of anilines is 1. The quantitative estimate of drug-likeness (QED) is 0.313. The molecular formula is C30H30F3N3O2. The van der Waals surface area contributed by atoms with Gasteiger partial charge in [-0.05, 0) is 65.4 Å². The number of nitrogens with zero attached hydrogens (tertiary/aromatic N) is 3. The fourth-order valence-electron chi connectivity index (χ4n) is 5.98. The van der Waals surface area contributed by atoms with Crippen LogP contribution in [0, 0.1) is 17.5 Å². The first kappa shape index (κ1) is 24.9. The minimum atomic E-state index is -0.851. The van der Waals surface area contributed by atoms with Crippen LogP contribution in [0.3, 0.4) is 0 Å². The third-order valence-electron chi connectivity index (χ3n) is 7.98. The molecule has 2 fully saturated rings. The standard InChI is InChI=1S/C30H30F3N3O2/c1-4-19-22(31)7-6-17-12-18(37)13-20(24(17)19)25-23(32)14-21-27(26(25)33)34-28(16(2)3)35-29(21)36-10-5-8-30(15-36)9-11-38-30/h6-7,12-14,16,37H,4-5,8-11,15H2,1-3H3. The number of phenols is 1. The van der Waals surface area contributed by atoms with E-state index in [4.69, 9.17) is 9.72 Å². The molecule has 0 saturated carbocycles. The molecule has 0 bridgehead atoms. The monoisotopic (exact) mass is 521 g/mol. The van der Waals surface area contributed by atoms with Crippen molar-refractivity contribution < 1.29 is 23.0 Å². The molecule has 4 aromatic rings. The number of ether oxygens (including phenoxy) is 1. The van der Waals surface area contributed by atoms with Crippen LogP contribution in [0.1, 0.15) is 57.3 Å². The first-order chi connectivity index (χ1) is 18.2. The average molecular weight is 522 g/mol. The van der Waals surface area contributed by atoms with E-state index >= 15 is 8.78 Å². The van der Waals surface area contributed by atoms with Crippen LogP contribution in [-0.2, 0) is 11.2 Å². The molecule has 8 heteroatoms. The lowest BCUT2D eigenvalue weighted by molar-refractivity contribution is -0.151. The first-order valence-corrected chi connectivity index (χ1v) is 13.2. The molecule has 1 unspecified atom stereocenters. The van der Waals surface area contributed by atoms with Gasteiger partial charge < -0.3 is 14.7 Å². The minimum absolute atomic E-state index is 0.00944. The van der Waals surface area contributed by atoms with E-state index in [9.17, 15) is 9.50 Å². The second kappa shape index (κ2) is 9.12. The second-order valence-electron chi connectivity index (χ2n) is 10.8. The lowest BCUT2D eigenvalue weighted by atomic mass is 9.85. The fourth-order valence-corrected chi connectivity index (χ4v) is 5.98. The molecule has 2 aliphatic heterocycles. The van der Waals surface area contributed by atoms with Crippen molar-refractivity contribution in [3.05, 3.63) is 59.2 Å². The van der Waals surface area contributed by atoms with E-state index in [-0.39, 0.29) is 39.3 Å². The maximum absolute atomic E-state index is 16.5. The van der Waals surface area contributed by atoms with Gasteiger partial charge in [-0.25, -0.2) is 23.1 Å². The van der Waals surface area contributed by atoms with Crippen LogP contribution in [0.15, 0.2) is 30.3 Å². The number of fused-ring (bicyclic) bond motifs is 2. The molecule has 38 heavy (non-hydrogen) atoms. The van der Waals surface area contributed by atoms with Crippen molar-refractivity contribution in [2.75, 3.05) is 24.6 Å². The lowest BCUT2D eigenvalue weighted by Gasteiger charge is -2.49. The number of piperidine rings is 1. The summed E-state index contributed by atoms with van der Waals surface area (Å²) >= 11 is 0. The normalized spacial score (nSPS) is 19.6. The largest absolute Gasteiger partial charge is 0.508 e. The third-order valence-corrected chi connectivity index (χ3v) is 7.98. The molecule has 0 aliphatic carbocycles. The van der Waals surface area contributed by atoms with E-state index < -0.39 is 17.5 Å². The molecule has 2 saturated heterocycles. The molecule has 5 nitrogen and oxygen atoms in total. The number of halogens is 3. The summed E-state index contributed by atoms with van der Waals surface area (Å²) in [5.74, 6) is -1.43. The Labute approximate surface area is 219 Å². The summed E-state index contributed by atoms with van der Waals surface area (Å²) in [6, 6.07) is 6.86. The Balaban J connectivity index is 1.62. The first-order valence-electron chi connectivity index (χ1n) is 13.2. The molecule has 198 valence electrons. The van der Waals surface area contributed by atoms with Gasteiger partial charge in [0.2, 0.25) is 0 Å². The minimum Gasteiger partial charge on any atom is -0.508 e. The zero-order chi connectivity index (χ0) is 26.8. The lowest BCUT2D eigenvalue weighted by Crippen LogP contribution is -2.56. The van der Waals surface area contributed by atoms with Gasteiger partial charge in [-0.2, -0.15) is 0 Å². The predicted octanol–water partition coefficient (Wildman–Crippen LogP) is 7.02. The van der Waals surface area contributed by atoms with Gasteiger partial charge in [0.1, 0.15) is 34.5 Å². The van der Waals surface area contributed by atoms with Gasteiger partial charge in [0.05, 0.1) is 17.8 Å². The van der Waals surface area contributed by atoms with Crippen molar-refractivity contribution in [1.29, 1.82) is 0 Å². The highest BCUT2D eigenvalue weighted by Gasteiger charge is 2.43. The number of benzene rings is 3. The van der Waals surface area contributed by atoms with Gasteiger partial charge in [-0.1, -0.05) is 26.8 Å². The van der Waals surface area contributed by atoms with Crippen molar-refractivity contribution >= 4 is 27.5 Å². The Morgan fingerprint density at radius 3 is 2.55 bits per heavy atom. The van der Waals surface area contributed by atoms with Crippen LogP contribution >= 0.6 is 0 Å². The van der Waals surface area contributed by atoms with Gasteiger partial charge in [-0.15, -0.1) is 0 Å². The predicted molar refractivity (Wildman–Crippen MR) is 142 cm³/mol. The highest BCUT2D eigenvalue weighted by molar-refractivity contribution is 6.03. The topological polar surface area (TPSA) is 58.5 Å². The summed E-state index contributed by atoms with van der Waals surface area (Å²) < 4.78 is 53.2. The molecule has 6 rings (SSSR count). The number of aromatic hydroxyl groups is 1. The molecule has 2 aliphatic rings. The summed E-state index contributed by atoms with van der Waals surface area (Å²) in [5, 5.41) is 11.6. The maximum Gasteiger partial charge on any atom is 0.160 e. The summed E-state index contributed by atoms with van der Waals surface area (Å²) in [5.41, 5.74) is -0.127. The summed E-state index contributed by atoms with van der Waals surface area (Å²) in [6.07, 6.45) is 3.13. The van der Waals surface area contributed by atoms with E-state index in [0.717, 1.165) is 25.9 Å². The summed E-state index contributed by atoms with van der Waals surface area (Å²) in [4.78, 5) is 11.4. The maximum atomic E-state index is 16.5. The molecule has 3 heterocycles. The second-order valence-corrected chi connectivity index (χ2v) is 10.8. The number of phenolic OH excluding ortho intramolecular Hbond substituents is 1. The zero-order valence-electron chi connectivity index (χ0n) is 21.7. The van der Waals surface area contributed by atoms with Crippen molar-refractivity contribution in [3.63, 3.8) is 0 Å². The molecule has 0 amide bonds. The number of rotatable bonds is 4. The molecule has 1 aromatic heterocycles. The number of aryl methyl sites for hydroxylation is 1. The molecular weight excluding hydrogens is 491 g/mol. The highest BCUT2D eigenvalue weighted by Crippen LogP contribution is 2.43. The van der Waals surface area contributed by atoms with Gasteiger partial charge in [0.25, 0.3) is 0 Å². The van der Waals surface area contributed by atoms with Crippen molar-refractivity contribution in [2.45, 2.75) is 58.0 Å². The Kier molecular flexibility index (Phi) is 5.98. The van der Waals surface area contributed by atoms with Crippen LogP contribution in [-0.4, -0.2) is 40.4 Å². The number of hydrogen-bond donors (Lipinski definition) is 1. The van der Waals surface area contributed by atoms with E-state index in [0.29, 0.717) is 47.5 Å². The molecule has 1 spiro atoms. The highest BCUT2D eigenvalue weighted by atomic mass is 19.1. The van der Waals surface area contributed by atoms with Gasteiger partial charge in [0, 0.05) is 30.8 Å².